The minimum atomic E-state index is -0.0928. The van der Waals surface area contributed by atoms with Gasteiger partial charge in [-0.25, -0.2) is 0 Å². The van der Waals surface area contributed by atoms with Crippen LogP contribution in [0.15, 0.2) is 30.3 Å². The van der Waals surface area contributed by atoms with Gasteiger partial charge in [-0.15, -0.1) is 0 Å². The second-order valence-electron chi connectivity index (χ2n) is 3.91. The Hall–Kier alpha value is -1.31. The Morgan fingerprint density at radius 3 is 2.50 bits per heavy atom. The topological polar surface area (TPSA) is 26.3 Å². The first kappa shape index (κ1) is 12.8. The first-order valence-electron chi connectivity index (χ1n) is 5.98. The van der Waals surface area contributed by atoms with E-state index in [2.05, 4.69) is 19.1 Å². The molecule has 0 unspecified atom stereocenters. The Labute approximate surface area is 97.6 Å². The van der Waals surface area contributed by atoms with Crippen LogP contribution >= 0.6 is 0 Å². The van der Waals surface area contributed by atoms with Crippen molar-refractivity contribution in [1.82, 2.24) is 0 Å². The molecular formula is C14H20O2. The van der Waals surface area contributed by atoms with Crippen molar-refractivity contribution in [3.8, 4) is 0 Å². The molecule has 16 heavy (non-hydrogen) atoms. The van der Waals surface area contributed by atoms with Crippen LogP contribution in [0.25, 0.3) is 0 Å². The van der Waals surface area contributed by atoms with Gasteiger partial charge in [-0.3, -0.25) is 4.79 Å². The number of carbonyl (C=O) groups excluding carboxylic acids is 1. The molecule has 0 N–H and O–H groups in total. The summed E-state index contributed by atoms with van der Waals surface area (Å²) in [6, 6.07) is 10.2. The van der Waals surface area contributed by atoms with Crippen molar-refractivity contribution >= 4 is 5.97 Å². The summed E-state index contributed by atoms with van der Waals surface area (Å²) >= 11 is 0. The van der Waals surface area contributed by atoms with Crippen molar-refractivity contribution in [1.29, 1.82) is 0 Å². The van der Waals surface area contributed by atoms with Crippen molar-refractivity contribution in [2.24, 2.45) is 0 Å². The summed E-state index contributed by atoms with van der Waals surface area (Å²) < 4.78 is 5.00. The lowest BCUT2D eigenvalue weighted by Gasteiger charge is -2.15. The number of rotatable bonds is 6. The Morgan fingerprint density at radius 1 is 1.25 bits per heavy atom. The number of hydrogen-bond acceptors (Lipinski definition) is 2. The van der Waals surface area contributed by atoms with Gasteiger partial charge in [0.2, 0.25) is 0 Å². The van der Waals surface area contributed by atoms with Gasteiger partial charge in [0, 0.05) is 0 Å². The lowest BCUT2D eigenvalue weighted by atomic mass is 9.91. The van der Waals surface area contributed by atoms with Crippen LogP contribution in [-0.4, -0.2) is 12.6 Å². The molecule has 0 bridgehead atoms. The number of hydrogen-bond donors (Lipinski definition) is 0. The normalized spacial score (nSPS) is 12.1. The van der Waals surface area contributed by atoms with E-state index in [4.69, 9.17) is 4.74 Å². The number of esters is 1. The molecule has 0 aliphatic heterocycles. The first-order valence-corrected chi connectivity index (χ1v) is 5.98. The second kappa shape index (κ2) is 7.04. The molecule has 0 aliphatic rings. The number of carbonyl (C=O) groups is 1. The van der Waals surface area contributed by atoms with Crippen LogP contribution in [-0.2, 0) is 9.53 Å². The van der Waals surface area contributed by atoms with Gasteiger partial charge in [-0.05, 0) is 24.8 Å². The molecule has 0 amide bonds. The molecule has 0 aliphatic carbocycles. The predicted molar refractivity (Wildman–Crippen MR) is 65.3 cm³/mol. The van der Waals surface area contributed by atoms with E-state index in [0.29, 0.717) is 18.9 Å². The van der Waals surface area contributed by atoms with Gasteiger partial charge in [0.05, 0.1) is 13.0 Å². The van der Waals surface area contributed by atoms with Crippen LogP contribution in [0.2, 0.25) is 0 Å². The molecule has 2 nitrogen and oxygen atoms in total. The van der Waals surface area contributed by atoms with Crippen LogP contribution < -0.4 is 0 Å². The Bertz CT molecular complexity index is 306. The summed E-state index contributed by atoms with van der Waals surface area (Å²) in [6.07, 6.45) is 2.60. The monoisotopic (exact) mass is 220 g/mol. The van der Waals surface area contributed by atoms with Gasteiger partial charge in [0.25, 0.3) is 0 Å². The number of benzene rings is 1. The largest absolute Gasteiger partial charge is 0.466 e. The zero-order valence-corrected chi connectivity index (χ0v) is 10.1. The van der Waals surface area contributed by atoms with Gasteiger partial charge in [0.1, 0.15) is 0 Å². The standard InChI is InChI=1S/C14H20O2/c1-3-8-13(11-14(15)16-4-2)12-9-6-5-7-10-12/h5-7,9-10,13H,3-4,8,11H2,1-2H3/t13-/m0/s1. The quantitative estimate of drug-likeness (QED) is 0.686. The minimum Gasteiger partial charge on any atom is -0.466 e. The summed E-state index contributed by atoms with van der Waals surface area (Å²) in [6.45, 7) is 4.45. The molecule has 1 aromatic rings. The summed E-state index contributed by atoms with van der Waals surface area (Å²) in [5.74, 6) is 0.204. The van der Waals surface area contributed by atoms with E-state index >= 15 is 0 Å². The molecule has 0 aromatic heterocycles. The molecule has 0 heterocycles. The summed E-state index contributed by atoms with van der Waals surface area (Å²) in [5.41, 5.74) is 1.23. The zero-order valence-electron chi connectivity index (χ0n) is 10.1. The fourth-order valence-electron chi connectivity index (χ4n) is 1.88. The molecule has 0 saturated carbocycles. The van der Waals surface area contributed by atoms with E-state index in [1.807, 2.05) is 25.1 Å². The lowest BCUT2D eigenvalue weighted by molar-refractivity contribution is -0.143. The highest BCUT2D eigenvalue weighted by molar-refractivity contribution is 5.70. The van der Waals surface area contributed by atoms with Crippen LogP contribution in [0, 0.1) is 0 Å². The molecule has 0 spiro atoms. The Morgan fingerprint density at radius 2 is 1.94 bits per heavy atom. The van der Waals surface area contributed by atoms with Crippen molar-refractivity contribution in [2.75, 3.05) is 6.61 Å². The van der Waals surface area contributed by atoms with Gasteiger partial charge in [-0.1, -0.05) is 43.7 Å². The van der Waals surface area contributed by atoms with Crippen molar-refractivity contribution in [2.45, 2.75) is 39.0 Å². The Kier molecular flexibility index (Phi) is 5.62. The highest BCUT2D eigenvalue weighted by atomic mass is 16.5. The van der Waals surface area contributed by atoms with E-state index in [9.17, 15) is 4.79 Å². The van der Waals surface area contributed by atoms with Gasteiger partial charge >= 0.3 is 5.97 Å². The molecule has 1 atom stereocenters. The summed E-state index contributed by atoms with van der Waals surface area (Å²) in [5, 5.41) is 0. The maximum atomic E-state index is 11.5. The minimum absolute atomic E-state index is 0.0928. The third kappa shape index (κ3) is 4.05. The highest BCUT2D eigenvalue weighted by Gasteiger charge is 2.15. The molecule has 2 heteroatoms. The van der Waals surface area contributed by atoms with Crippen molar-refractivity contribution < 1.29 is 9.53 Å². The van der Waals surface area contributed by atoms with E-state index in [1.54, 1.807) is 0 Å². The van der Waals surface area contributed by atoms with Crippen molar-refractivity contribution in [3.63, 3.8) is 0 Å². The third-order valence-electron chi connectivity index (χ3n) is 2.63. The van der Waals surface area contributed by atoms with Crippen LogP contribution in [0.4, 0.5) is 0 Å². The van der Waals surface area contributed by atoms with E-state index < -0.39 is 0 Å². The van der Waals surface area contributed by atoms with Gasteiger partial charge in [-0.2, -0.15) is 0 Å². The fourth-order valence-corrected chi connectivity index (χ4v) is 1.88. The summed E-state index contributed by atoms with van der Waals surface area (Å²) in [4.78, 5) is 11.5. The smallest absolute Gasteiger partial charge is 0.306 e. The fraction of sp³-hybridized carbons (Fsp3) is 0.500. The maximum absolute atomic E-state index is 11.5. The van der Waals surface area contributed by atoms with E-state index in [-0.39, 0.29) is 5.97 Å². The SMILES string of the molecule is CCC[C@@H](CC(=O)OCC)c1ccccc1. The van der Waals surface area contributed by atoms with E-state index in [1.165, 1.54) is 5.56 Å². The zero-order chi connectivity index (χ0) is 11.8. The van der Waals surface area contributed by atoms with Gasteiger partial charge < -0.3 is 4.74 Å². The van der Waals surface area contributed by atoms with Crippen LogP contribution in [0.5, 0.6) is 0 Å². The third-order valence-corrected chi connectivity index (χ3v) is 2.63. The number of ether oxygens (including phenoxy) is 1. The predicted octanol–water partition coefficient (Wildman–Crippen LogP) is 3.52. The Balaban J connectivity index is 2.64. The van der Waals surface area contributed by atoms with E-state index in [0.717, 1.165) is 12.8 Å². The first-order chi connectivity index (χ1) is 7.77. The lowest BCUT2D eigenvalue weighted by Crippen LogP contribution is -2.10. The molecule has 1 rings (SSSR count). The average molecular weight is 220 g/mol. The molecule has 0 fully saturated rings. The van der Waals surface area contributed by atoms with Gasteiger partial charge in [0.15, 0.2) is 0 Å². The molecular weight excluding hydrogens is 200 g/mol. The van der Waals surface area contributed by atoms with Crippen LogP contribution in [0.3, 0.4) is 0 Å². The molecule has 1 aromatic carbocycles. The average Bonchev–Trinajstić information content (AvgIpc) is 2.30. The molecule has 0 radical (unpaired) electrons. The van der Waals surface area contributed by atoms with Crippen LogP contribution in [0.1, 0.15) is 44.6 Å². The second-order valence-corrected chi connectivity index (χ2v) is 3.91. The molecule has 88 valence electrons. The highest BCUT2D eigenvalue weighted by Crippen LogP contribution is 2.25. The maximum Gasteiger partial charge on any atom is 0.306 e. The summed E-state index contributed by atoms with van der Waals surface area (Å²) in [7, 11) is 0. The molecule has 0 saturated heterocycles. The van der Waals surface area contributed by atoms with Crippen molar-refractivity contribution in [3.05, 3.63) is 35.9 Å².